The van der Waals surface area contributed by atoms with E-state index >= 15 is 0 Å². The minimum absolute atomic E-state index is 0.102. The zero-order chi connectivity index (χ0) is 38.1. The summed E-state index contributed by atoms with van der Waals surface area (Å²) in [5, 5.41) is 5.12. The van der Waals surface area contributed by atoms with Crippen LogP contribution in [0.3, 0.4) is 0 Å². The van der Waals surface area contributed by atoms with Crippen molar-refractivity contribution in [2.24, 2.45) is 0 Å². The Bertz CT molecular complexity index is 2790. The van der Waals surface area contributed by atoms with Crippen molar-refractivity contribution in [3.05, 3.63) is 168 Å². The van der Waals surface area contributed by atoms with Crippen molar-refractivity contribution in [2.75, 3.05) is 4.90 Å². The third-order valence-corrected chi connectivity index (χ3v) is 14.2. The Morgan fingerprint density at radius 2 is 1.04 bits per heavy atom. The number of anilines is 3. The first-order chi connectivity index (χ1) is 28.0. The van der Waals surface area contributed by atoms with E-state index in [0.29, 0.717) is 11.8 Å². The van der Waals surface area contributed by atoms with Gasteiger partial charge in [-0.05, 0) is 125 Å². The van der Waals surface area contributed by atoms with E-state index in [4.69, 9.17) is 0 Å². The van der Waals surface area contributed by atoms with Crippen molar-refractivity contribution in [1.29, 1.82) is 0 Å². The first-order valence-electron chi connectivity index (χ1n) is 21.7. The summed E-state index contributed by atoms with van der Waals surface area (Å²) in [6.07, 6.45) is 13.4. The molecule has 0 amide bonds. The van der Waals surface area contributed by atoms with E-state index < -0.39 is 0 Å². The molecule has 0 unspecified atom stereocenters. The van der Waals surface area contributed by atoms with Gasteiger partial charge < -0.3 is 9.47 Å². The summed E-state index contributed by atoms with van der Waals surface area (Å²) in [7, 11) is 0. The van der Waals surface area contributed by atoms with Crippen molar-refractivity contribution in [2.45, 2.75) is 95.3 Å². The molecule has 7 aromatic carbocycles. The molecule has 0 N–H and O–H groups in total. The molecule has 11 rings (SSSR count). The second-order valence-corrected chi connectivity index (χ2v) is 17.8. The predicted octanol–water partition coefficient (Wildman–Crippen LogP) is 15.8. The molecule has 2 heteroatoms. The van der Waals surface area contributed by atoms with Crippen molar-refractivity contribution in [3.63, 3.8) is 0 Å². The predicted molar refractivity (Wildman–Crippen MR) is 242 cm³/mol. The number of benzene rings is 7. The minimum atomic E-state index is -0.102. The topological polar surface area (TPSA) is 8.17 Å². The first-order valence-corrected chi connectivity index (χ1v) is 21.7. The van der Waals surface area contributed by atoms with Gasteiger partial charge in [0, 0.05) is 38.6 Å². The van der Waals surface area contributed by atoms with Crippen molar-refractivity contribution >= 4 is 49.6 Å². The maximum absolute atomic E-state index is 2.57. The summed E-state index contributed by atoms with van der Waals surface area (Å²) in [6, 6.07) is 55.9. The lowest BCUT2D eigenvalue weighted by atomic mass is 9.79. The van der Waals surface area contributed by atoms with Crippen LogP contribution in [0, 0.1) is 0 Å². The molecule has 3 aliphatic carbocycles. The van der Waals surface area contributed by atoms with Crippen LogP contribution in [-0.2, 0) is 5.41 Å². The Morgan fingerprint density at radius 1 is 0.474 bits per heavy atom. The van der Waals surface area contributed by atoms with Gasteiger partial charge in [-0.2, -0.15) is 0 Å². The smallest absolute Gasteiger partial charge is 0.0561 e. The molecule has 2 nitrogen and oxygen atoms in total. The Kier molecular flexibility index (Phi) is 8.39. The third-order valence-electron chi connectivity index (χ3n) is 14.2. The van der Waals surface area contributed by atoms with Crippen LogP contribution in [-0.4, -0.2) is 4.57 Å². The SMILES string of the molecule is CC1(C)c2cc(C3CCCCC3)ccc2-c2ccc(N(c3ccc4c5ccc(C6CCCCC6)cc5n(-c5ccccc5)c4c3)c3cccc4ccccc34)cc21. The van der Waals surface area contributed by atoms with Crippen LogP contribution in [0.1, 0.15) is 112 Å². The fraction of sp³-hybridized carbons (Fsp3) is 0.273. The summed E-state index contributed by atoms with van der Waals surface area (Å²) in [4.78, 5) is 2.52. The number of nitrogens with zero attached hydrogens (tertiary/aromatic N) is 2. The van der Waals surface area contributed by atoms with Gasteiger partial charge in [0.15, 0.2) is 0 Å². The van der Waals surface area contributed by atoms with E-state index in [-0.39, 0.29) is 5.41 Å². The van der Waals surface area contributed by atoms with Gasteiger partial charge in [-0.1, -0.05) is 149 Å². The normalized spacial score (nSPS) is 16.9. The number of para-hydroxylation sites is 1. The van der Waals surface area contributed by atoms with Crippen molar-refractivity contribution < 1.29 is 0 Å². The molecule has 0 aliphatic heterocycles. The van der Waals surface area contributed by atoms with E-state index in [0.717, 1.165) is 0 Å². The van der Waals surface area contributed by atoms with Crippen LogP contribution in [0.2, 0.25) is 0 Å². The van der Waals surface area contributed by atoms with Gasteiger partial charge in [0.2, 0.25) is 0 Å². The summed E-state index contributed by atoms with van der Waals surface area (Å²) in [6.45, 7) is 4.89. The highest BCUT2D eigenvalue weighted by atomic mass is 15.1. The van der Waals surface area contributed by atoms with E-state index in [2.05, 4.69) is 169 Å². The minimum Gasteiger partial charge on any atom is -0.310 e. The molecule has 2 saturated carbocycles. The lowest BCUT2D eigenvalue weighted by Gasteiger charge is -2.29. The molecular weight excluding hydrogens is 689 g/mol. The lowest BCUT2D eigenvalue weighted by molar-refractivity contribution is 0.443. The maximum atomic E-state index is 2.57. The average Bonchev–Trinajstić information content (AvgIpc) is 3.71. The standard InChI is InChI=1S/C55H52N2/c1-55(2)50-33-40(37-15-6-3-7-16-37)25-29-46(50)47-31-27-43(35-51(47)55)56(52-24-14-20-39-19-12-13-23-45(39)52)44-28-32-49-48-30-26-41(38-17-8-4-9-18-38)34-53(48)57(54(49)36-44)42-21-10-5-11-22-42/h5,10-14,19-38H,3-4,6-9,15-18H2,1-2H3. The largest absolute Gasteiger partial charge is 0.310 e. The molecular formula is C55H52N2. The molecule has 2 fully saturated rings. The highest BCUT2D eigenvalue weighted by molar-refractivity contribution is 6.11. The molecule has 0 radical (unpaired) electrons. The molecule has 3 aliphatic rings. The van der Waals surface area contributed by atoms with Crippen LogP contribution in [0.5, 0.6) is 0 Å². The number of hydrogen-bond acceptors (Lipinski definition) is 1. The second-order valence-electron chi connectivity index (χ2n) is 17.8. The van der Waals surface area contributed by atoms with E-state index in [1.807, 2.05) is 0 Å². The molecule has 0 spiro atoms. The van der Waals surface area contributed by atoms with Gasteiger partial charge in [0.1, 0.15) is 0 Å². The fourth-order valence-electron chi connectivity index (χ4n) is 11.1. The average molecular weight is 741 g/mol. The van der Waals surface area contributed by atoms with Gasteiger partial charge in [0.25, 0.3) is 0 Å². The van der Waals surface area contributed by atoms with Crippen LogP contribution in [0.15, 0.2) is 146 Å². The van der Waals surface area contributed by atoms with E-state index in [1.54, 1.807) is 5.56 Å². The molecule has 57 heavy (non-hydrogen) atoms. The zero-order valence-electron chi connectivity index (χ0n) is 33.5. The number of hydrogen-bond donors (Lipinski definition) is 0. The summed E-state index contributed by atoms with van der Waals surface area (Å²) in [5.41, 5.74) is 15.9. The summed E-state index contributed by atoms with van der Waals surface area (Å²) in [5.74, 6) is 1.35. The summed E-state index contributed by atoms with van der Waals surface area (Å²) < 4.78 is 2.52. The van der Waals surface area contributed by atoms with Gasteiger partial charge in [-0.25, -0.2) is 0 Å². The number of aromatic nitrogens is 1. The fourth-order valence-corrected chi connectivity index (χ4v) is 11.1. The zero-order valence-corrected chi connectivity index (χ0v) is 33.5. The Morgan fingerprint density at radius 3 is 1.79 bits per heavy atom. The van der Waals surface area contributed by atoms with Crippen molar-refractivity contribution in [3.8, 4) is 16.8 Å². The molecule has 1 aromatic heterocycles. The molecule has 0 saturated heterocycles. The molecule has 0 atom stereocenters. The van der Waals surface area contributed by atoms with Crippen LogP contribution >= 0.6 is 0 Å². The van der Waals surface area contributed by atoms with Gasteiger partial charge in [-0.15, -0.1) is 0 Å². The highest BCUT2D eigenvalue weighted by Crippen LogP contribution is 2.52. The first kappa shape index (κ1) is 34.6. The van der Waals surface area contributed by atoms with E-state index in [9.17, 15) is 0 Å². The molecule has 282 valence electrons. The maximum Gasteiger partial charge on any atom is 0.0561 e. The molecule has 1 heterocycles. The highest BCUT2D eigenvalue weighted by Gasteiger charge is 2.37. The van der Waals surface area contributed by atoms with Crippen molar-refractivity contribution in [1.82, 2.24) is 4.57 Å². The van der Waals surface area contributed by atoms with Gasteiger partial charge in [0.05, 0.1) is 16.7 Å². The second kappa shape index (κ2) is 13.8. The third kappa shape index (κ3) is 5.74. The lowest BCUT2D eigenvalue weighted by Crippen LogP contribution is -2.17. The Hall–Kier alpha value is -5.60. The quantitative estimate of drug-likeness (QED) is 0.165. The molecule has 0 bridgehead atoms. The summed E-state index contributed by atoms with van der Waals surface area (Å²) >= 11 is 0. The number of rotatable bonds is 6. The Balaban J connectivity index is 1.10. The van der Waals surface area contributed by atoms with Crippen LogP contribution < -0.4 is 4.90 Å². The monoisotopic (exact) mass is 740 g/mol. The van der Waals surface area contributed by atoms with Crippen LogP contribution in [0.25, 0.3) is 49.4 Å². The van der Waals surface area contributed by atoms with E-state index in [1.165, 1.54) is 147 Å². The Labute approximate surface area is 337 Å². The van der Waals surface area contributed by atoms with Crippen LogP contribution in [0.4, 0.5) is 17.1 Å². The number of fused-ring (bicyclic) bond motifs is 7. The molecule has 8 aromatic rings. The van der Waals surface area contributed by atoms with Gasteiger partial charge in [-0.3, -0.25) is 0 Å². The van der Waals surface area contributed by atoms with Gasteiger partial charge >= 0.3 is 0 Å².